The fourth-order valence-corrected chi connectivity index (χ4v) is 1.91. The Hall–Kier alpha value is -2.23. The van der Waals surface area contributed by atoms with E-state index >= 15 is 0 Å². The van der Waals surface area contributed by atoms with Crippen molar-refractivity contribution in [3.8, 4) is 0 Å². The number of hydrogen-bond donors (Lipinski definition) is 2. The molecule has 2 aromatic rings. The first-order valence-electron chi connectivity index (χ1n) is 5.82. The minimum absolute atomic E-state index is 0.151. The maximum Gasteiger partial charge on any atom is 0.270 e. The molecule has 0 spiro atoms. The van der Waals surface area contributed by atoms with E-state index in [4.69, 9.17) is 5.73 Å². The Morgan fingerprint density at radius 1 is 1.11 bits per heavy atom. The Labute approximate surface area is 106 Å². The van der Waals surface area contributed by atoms with Crippen molar-refractivity contribution in [2.45, 2.75) is 20.8 Å². The molecule has 0 aliphatic carbocycles. The van der Waals surface area contributed by atoms with Gasteiger partial charge < -0.3 is 5.73 Å². The molecule has 0 saturated heterocycles. The number of nitrogens with zero attached hydrogens (tertiary/aromatic N) is 1. The lowest BCUT2D eigenvalue weighted by Crippen LogP contribution is -2.25. The molecule has 3 N–H and O–H groups in total. The van der Waals surface area contributed by atoms with Crippen LogP contribution in [-0.2, 0) is 0 Å². The number of benzene rings is 1. The summed E-state index contributed by atoms with van der Waals surface area (Å²) in [5, 5.41) is 0. The number of carbonyl (C=O) groups excluding carboxylic acids is 1. The third-order valence-corrected chi connectivity index (χ3v) is 3.10. The number of anilines is 1. The van der Waals surface area contributed by atoms with Gasteiger partial charge in [-0.15, -0.1) is 0 Å². The summed E-state index contributed by atoms with van der Waals surface area (Å²) in [4.78, 5) is 12.2. The largest absolute Gasteiger partial charge is 0.398 e. The second-order valence-corrected chi connectivity index (χ2v) is 4.41. The van der Waals surface area contributed by atoms with Crippen LogP contribution in [0, 0.1) is 20.8 Å². The molecule has 0 radical (unpaired) electrons. The molecule has 0 unspecified atom stereocenters. The van der Waals surface area contributed by atoms with Crippen molar-refractivity contribution >= 4 is 11.6 Å². The lowest BCUT2D eigenvalue weighted by molar-refractivity contribution is 0.101. The van der Waals surface area contributed by atoms with Crippen LogP contribution in [0.4, 0.5) is 5.69 Å². The van der Waals surface area contributed by atoms with Crippen molar-refractivity contribution in [3.63, 3.8) is 0 Å². The molecule has 1 aromatic heterocycles. The summed E-state index contributed by atoms with van der Waals surface area (Å²) in [5.74, 6) is -0.151. The van der Waals surface area contributed by atoms with Crippen molar-refractivity contribution in [2.75, 3.05) is 11.2 Å². The van der Waals surface area contributed by atoms with Crippen LogP contribution in [0.15, 0.2) is 30.3 Å². The lowest BCUT2D eigenvalue weighted by atomic mass is 10.1. The highest BCUT2D eigenvalue weighted by atomic mass is 16.2. The van der Waals surface area contributed by atoms with Crippen LogP contribution < -0.4 is 11.2 Å². The quantitative estimate of drug-likeness (QED) is 0.795. The number of amides is 1. The summed E-state index contributed by atoms with van der Waals surface area (Å²) in [6.45, 7) is 5.73. The Bertz CT molecular complexity index is 580. The molecule has 2 rings (SSSR count). The molecule has 0 fully saturated rings. The van der Waals surface area contributed by atoms with E-state index in [9.17, 15) is 4.79 Å². The third-order valence-electron chi connectivity index (χ3n) is 3.10. The van der Waals surface area contributed by atoms with Crippen LogP contribution in [0.2, 0.25) is 0 Å². The molecule has 0 saturated carbocycles. The van der Waals surface area contributed by atoms with Gasteiger partial charge in [-0.1, -0.05) is 6.07 Å². The number of aryl methyl sites for hydroxylation is 2. The fraction of sp³-hybridized carbons (Fsp3) is 0.214. The first-order chi connectivity index (χ1) is 8.50. The van der Waals surface area contributed by atoms with E-state index in [1.165, 1.54) is 0 Å². The van der Waals surface area contributed by atoms with Crippen LogP contribution in [-0.4, -0.2) is 10.6 Å². The number of nitrogen functional groups attached to an aromatic ring is 1. The van der Waals surface area contributed by atoms with Gasteiger partial charge >= 0.3 is 0 Å². The Kier molecular flexibility index (Phi) is 3.10. The molecular weight excluding hydrogens is 226 g/mol. The highest BCUT2D eigenvalue weighted by Gasteiger charge is 2.12. The van der Waals surface area contributed by atoms with Gasteiger partial charge in [0.05, 0.1) is 0 Å². The van der Waals surface area contributed by atoms with Gasteiger partial charge in [0.25, 0.3) is 5.91 Å². The highest BCUT2D eigenvalue weighted by Crippen LogP contribution is 2.16. The summed E-state index contributed by atoms with van der Waals surface area (Å²) in [7, 11) is 0. The first-order valence-corrected chi connectivity index (χ1v) is 5.82. The number of hydrogen-bond acceptors (Lipinski definition) is 2. The van der Waals surface area contributed by atoms with E-state index in [0.717, 1.165) is 17.0 Å². The molecule has 0 aliphatic rings. The maximum absolute atomic E-state index is 12.2. The SMILES string of the molecule is Cc1c(N)cccc1C(=O)Nn1c(C)ccc1C. The van der Waals surface area contributed by atoms with Gasteiger partial charge in [0, 0.05) is 22.6 Å². The van der Waals surface area contributed by atoms with Crippen LogP contribution >= 0.6 is 0 Å². The van der Waals surface area contributed by atoms with Crippen molar-refractivity contribution in [3.05, 3.63) is 52.8 Å². The molecular formula is C14H17N3O. The molecule has 18 heavy (non-hydrogen) atoms. The molecule has 4 nitrogen and oxygen atoms in total. The van der Waals surface area contributed by atoms with E-state index in [1.807, 2.05) is 32.9 Å². The number of rotatable bonds is 2. The Morgan fingerprint density at radius 2 is 1.72 bits per heavy atom. The molecule has 1 amide bonds. The smallest absolute Gasteiger partial charge is 0.270 e. The lowest BCUT2D eigenvalue weighted by Gasteiger charge is -2.13. The van der Waals surface area contributed by atoms with Gasteiger partial charge in [0.15, 0.2) is 0 Å². The predicted octanol–water partition coefficient (Wildman–Crippen LogP) is 2.38. The zero-order chi connectivity index (χ0) is 13.3. The van der Waals surface area contributed by atoms with E-state index in [0.29, 0.717) is 11.3 Å². The second-order valence-electron chi connectivity index (χ2n) is 4.41. The minimum atomic E-state index is -0.151. The number of nitrogens with one attached hydrogen (secondary N) is 1. The third kappa shape index (κ3) is 2.09. The predicted molar refractivity (Wildman–Crippen MR) is 73.2 cm³/mol. The summed E-state index contributed by atoms with van der Waals surface area (Å²) in [6.07, 6.45) is 0. The number of carbonyl (C=O) groups is 1. The maximum atomic E-state index is 12.2. The normalized spacial score (nSPS) is 10.4. The Balaban J connectivity index is 2.31. The summed E-state index contributed by atoms with van der Waals surface area (Å²) in [5.41, 5.74) is 12.7. The minimum Gasteiger partial charge on any atom is -0.398 e. The summed E-state index contributed by atoms with van der Waals surface area (Å²) in [6, 6.07) is 9.27. The fourth-order valence-electron chi connectivity index (χ4n) is 1.91. The molecule has 0 atom stereocenters. The number of aromatic nitrogens is 1. The van der Waals surface area contributed by atoms with Gasteiger partial charge in [-0.3, -0.25) is 14.9 Å². The van der Waals surface area contributed by atoms with Crippen molar-refractivity contribution in [1.82, 2.24) is 4.68 Å². The molecule has 1 heterocycles. The van der Waals surface area contributed by atoms with Crippen molar-refractivity contribution in [2.24, 2.45) is 0 Å². The van der Waals surface area contributed by atoms with Crippen molar-refractivity contribution < 1.29 is 4.79 Å². The van der Waals surface area contributed by atoms with E-state index < -0.39 is 0 Å². The summed E-state index contributed by atoms with van der Waals surface area (Å²) >= 11 is 0. The van der Waals surface area contributed by atoms with Gasteiger partial charge in [-0.25, -0.2) is 0 Å². The topological polar surface area (TPSA) is 60.1 Å². The van der Waals surface area contributed by atoms with Crippen LogP contribution in [0.25, 0.3) is 0 Å². The average Bonchev–Trinajstić information content (AvgIpc) is 2.64. The van der Waals surface area contributed by atoms with Crippen LogP contribution in [0.3, 0.4) is 0 Å². The van der Waals surface area contributed by atoms with E-state index in [-0.39, 0.29) is 5.91 Å². The monoisotopic (exact) mass is 243 g/mol. The van der Waals surface area contributed by atoms with E-state index in [1.54, 1.807) is 22.9 Å². The molecule has 0 bridgehead atoms. The Morgan fingerprint density at radius 3 is 2.33 bits per heavy atom. The molecule has 0 aliphatic heterocycles. The first kappa shape index (κ1) is 12.2. The van der Waals surface area contributed by atoms with Gasteiger partial charge in [-0.2, -0.15) is 0 Å². The van der Waals surface area contributed by atoms with Crippen LogP contribution in [0.1, 0.15) is 27.3 Å². The van der Waals surface area contributed by atoms with E-state index in [2.05, 4.69) is 5.43 Å². The van der Waals surface area contributed by atoms with Gasteiger partial charge in [-0.05, 0) is 50.6 Å². The van der Waals surface area contributed by atoms with Crippen LogP contribution in [0.5, 0.6) is 0 Å². The average molecular weight is 243 g/mol. The van der Waals surface area contributed by atoms with Gasteiger partial charge in [0.1, 0.15) is 0 Å². The number of nitrogens with two attached hydrogens (primary N) is 1. The molecule has 4 heteroatoms. The molecule has 1 aromatic carbocycles. The zero-order valence-corrected chi connectivity index (χ0v) is 10.8. The zero-order valence-electron chi connectivity index (χ0n) is 10.8. The van der Waals surface area contributed by atoms with Gasteiger partial charge in [0.2, 0.25) is 0 Å². The van der Waals surface area contributed by atoms with Crippen molar-refractivity contribution in [1.29, 1.82) is 0 Å². The standard InChI is InChI=1S/C14H17N3O/c1-9-7-8-10(2)17(9)16-14(18)12-5-4-6-13(15)11(12)3/h4-8H,15H2,1-3H3,(H,16,18). The highest BCUT2D eigenvalue weighted by molar-refractivity contribution is 6.02. The molecule has 94 valence electrons. The second kappa shape index (κ2) is 4.56. The summed E-state index contributed by atoms with van der Waals surface area (Å²) < 4.78 is 1.77.